The molecule has 1 rings (SSSR count). The van der Waals surface area contributed by atoms with E-state index in [4.69, 9.17) is 0 Å². The molecule has 15 heavy (non-hydrogen) atoms. The zero-order chi connectivity index (χ0) is 11.3. The summed E-state index contributed by atoms with van der Waals surface area (Å²) in [6.07, 6.45) is 5.69. The SMILES string of the molecule is C=CC(=O)N(C)C(CC)c1ccncc1. The molecule has 0 saturated carbocycles. The van der Waals surface area contributed by atoms with Gasteiger partial charge >= 0.3 is 0 Å². The fourth-order valence-corrected chi connectivity index (χ4v) is 1.62. The number of aromatic nitrogens is 1. The van der Waals surface area contributed by atoms with Crippen molar-refractivity contribution in [3.8, 4) is 0 Å². The standard InChI is InChI=1S/C12H16N2O/c1-4-11(14(3)12(15)5-2)10-6-8-13-9-7-10/h5-9,11H,2,4H2,1,3H3. The first-order valence-electron chi connectivity index (χ1n) is 4.99. The zero-order valence-corrected chi connectivity index (χ0v) is 9.18. The van der Waals surface area contributed by atoms with Gasteiger partial charge in [-0.05, 0) is 30.2 Å². The Labute approximate surface area is 90.4 Å². The highest BCUT2D eigenvalue weighted by Gasteiger charge is 2.17. The van der Waals surface area contributed by atoms with Gasteiger partial charge in [0, 0.05) is 19.4 Å². The molecule has 0 saturated heterocycles. The van der Waals surface area contributed by atoms with E-state index in [0.29, 0.717) is 0 Å². The van der Waals surface area contributed by atoms with Crippen molar-refractivity contribution in [3.63, 3.8) is 0 Å². The topological polar surface area (TPSA) is 33.2 Å². The molecule has 0 aliphatic heterocycles. The third kappa shape index (κ3) is 2.65. The lowest BCUT2D eigenvalue weighted by molar-refractivity contribution is -0.127. The van der Waals surface area contributed by atoms with Gasteiger partial charge in [-0.25, -0.2) is 0 Å². The number of hydrogen-bond acceptors (Lipinski definition) is 2. The molecule has 0 bridgehead atoms. The van der Waals surface area contributed by atoms with Crippen LogP contribution in [0, 0.1) is 0 Å². The Hall–Kier alpha value is -1.64. The first kappa shape index (κ1) is 11.4. The molecule has 1 unspecified atom stereocenters. The van der Waals surface area contributed by atoms with Gasteiger partial charge in [-0.1, -0.05) is 13.5 Å². The summed E-state index contributed by atoms with van der Waals surface area (Å²) >= 11 is 0. The van der Waals surface area contributed by atoms with Crippen molar-refractivity contribution in [2.24, 2.45) is 0 Å². The fourth-order valence-electron chi connectivity index (χ4n) is 1.62. The van der Waals surface area contributed by atoms with Crippen LogP contribution in [-0.2, 0) is 4.79 Å². The van der Waals surface area contributed by atoms with Crippen LogP contribution in [0.4, 0.5) is 0 Å². The Morgan fingerprint density at radius 2 is 2.20 bits per heavy atom. The van der Waals surface area contributed by atoms with E-state index in [0.717, 1.165) is 12.0 Å². The third-order valence-electron chi connectivity index (χ3n) is 2.47. The van der Waals surface area contributed by atoms with Crippen LogP contribution >= 0.6 is 0 Å². The van der Waals surface area contributed by atoms with Crippen LogP contribution in [0.25, 0.3) is 0 Å². The number of nitrogens with zero attached hydrogens (tertiary/aromatic N) is 2. The van der Waals surface area contributed by atoms with Gasteiger partial charge in [0.1, 0.15) is 0 Å². The van der Waals surface area contributed by atoms with Crippen molar-refractivity contribution in [1.29, 1.82) is 0 Å². The number of pyridine rings is 1. The summed E-state index contributed by atoms with van der Waals surface area (Å²) in [5.74, 6) is -0.0568. The number of carbonyl (C=O) groups is 1. The predicted molar refractivity (Wildman–Crippen MR) is 60.2 cm³/mol. The van der Waals surface area contributed by atoms with Crippen molar-refractivity contribution in [2.75, 3.05) is 7.05 Å². The number of rotatable bonds is 4. The Kier molecular flexibility index (Phi) is 4.03. The second-order valence-corrected chi connectivity index (χ2v) is 3.36. The highest BCUT2D eigenvalue weighted by molar-refractivity contribution is 5.87. The van der Waals surface area contributed by atoms with Crippen LogP contribution in [0.2, 0.25) is 0 Å². The highest BCUT2D eigenvalue weighted by Crippen LogP contribution is 2.22. The Morgan fingerprint density at radius 3 is 2.67 bits per heavy atom. The van der Waals surface area contributed by atoms with E-state index >= 15 is 0 Å². The van der Waals surface area contributed by atoms with Crippen molar-refractivity contribution in [3.05, 3.63) is 42.7 Å². The molecule has 3 nitrogen and oxygen atoms in total. The molecular formula is C12H16N2O. The minimum atomic E-state index is -0.0568. The smallest absolute Gasteiger partial charge is 0.246 e. The van der Waals surface area contributed by atoms with E-state index in [9.17, 15) is 4.79 Å². The predicted octanol–water partition coefficient (Wildman–Crippen LogP) is 2.18. The lowest BCUT2D eigenvalue weighted by Gasteiger charge is -2.26. The first-order chi connectivity index (χ1) is 7.20. The zero-order valence-electron chi connectivity index (χ0n) is 9.18. The first-order valence-corrected chi connectivity index (χ1v) is 4.99. The maximum Gasteiger partial charge on any atom is 0.246 e. The molecule has 0 fully saturated rings. The maximum atomic E-state index is 11.5. The van der Waals surface area contributed by atoms with Crippen LogP contribution in [0.15, 0.2) is 37.2 Å². The van der Waals surface area contributed by atoms with Crippen molar-refractivity contribution in [1.82, 2.24) is 9.88 Å². The van der Waals surface area contributed by atoms with Gasteiger partial charge in [0.2, 0.25) is 5.91 Å². The second kappa shape index (κ2) is 5.29. The third-order valence-corrected chi connectivity index (χ3v) is 2.47. The van der Waals surface area contributed by atoms with E-state index in [1.54, 1.807) is 24.3 Å². The van der Waals surface area contributed by atoms with Crippen molar-refractivity contribution in [2.45, 2.75) is 19.4 Å². The van der Waals surface area contributed by atoms with Crippen LogP contribution < -0.4 is 0 Å². The van der Waals surface area contributed by atoms with Crippen LogP contribution in [0.5, 0.6) is 0 Å². The van der Waals surface area contributed by atoms with E-state index in [2.05, 4.69) is 18.5 Å². The summed E-state index contributed by atoms with van der Waals surface area (Å²) in [6.45, 7) is 5.54. The van der Waals surface area contributed by atoms with E-state index < -0.39 is 0 Å². The molecule has 1 heterocycles. The molecule has 0 aromatic carbocycles. The number of hydrogen-bond donors (Lipinski definition) is 0. The largest absolute Gasteiger partial charge is 0.335 e. The number of amides is 1. The molecule has 80 valence electrons. The second-order valence-electron chi connectivity index (χ2n) is 3.36. The molecule has 1 aromatic rings. The van der Waals surface area contributed by atoms with E-state index in [1.165, 1.54) is 6.08 Å². The van der Waals surface area contributed by atoms with E-state index in [-0.39, 0.29) is 11.9 Å². The average molecular weight is 204 g/mol. The molecule has 1 atom stereocenters. The normalized spacial score (nSPS) is 11.9. The van der Waals surface area contributed by atoms with Crippen molar-refractivity contribution >= 4 is 5.91 Å². The van der Waals surface area contributed by atoms with Crippen LogP contribution in [0.1, 0.15) is 24.9 Å². The lowest BCUT2D eigenvalue weighted by Crippen LogP contribution is -2.29. The summed E-state index contributed by atoms with van der Waals surface area (Å²) in [5, 5.41) is 0. The summed E-state index contributed by atoms with van der Waals surface area (Å²) in [4.78, 5) is 17.1. The molecular weight excluding hydrogens is 188 g/mol. The van der Waals surface area contributed by atoms with Gasteiger partial charge in [-0.15, -0.1) is 0 Å². The molecule has 0 spiro atoms. The minimum absolute atomic E-state index is 0.0568. The van der Waals surface area contributed by atoms with Gasteiger partial charge < -0.3 is 4.90 Å². The highest BCUT2D eigenvalue weighted by atomic mass is 16.2. The molecule has 1 aromatic heterocycles. The van der Waals surface area contributed by atoms with Gasteiger partial charge in [0.05, 0.1) is 6.04 Å². The quantitative estimate of drug-likeness (QED) is 0.704. The Morgan fingerprint density at radius 1 is 1.60 bits per heavy atom. The summed E-state index contributed by atoms with van der Waals surface area (Å²) in [6, 6.07) is 3.96. The molecule has 0 aliphatic rings. The molecule has 0 N–H and O–H groups in total. The molecule has 1 amide bonds. The number of carbonyl (C=O) groups excluding carboxylic acids is 1. The summed E-state index contributed by atoms with van der Waals surface area (Å²) < 4.78 is 0. The lowest BCUT2D eigenvalue weighted by atomic mass is 10.0. The fraction of sp³-hybridized carbons (Fsp3) is 0.333. The summed E-state index contributed by atoms with van der Waals surface area (Å²) in [5.41, 5.74) is 1.10. The van der Waals surface area contributed by atoms with Gasteiger partial charge in [-0.2, -0.15) is 0 Å². The molecule has 0 aliphatic carbocycles. The van der Waals surface area contributed by atoms with E-state index in [1.807, 2.05) is 12.1 Å². The summed E-state index contributed by atoms with van der Waals surface area (Å²) in [7, 11) is 1.79. The number of likely N-dealkylation sites (N-methyl/N-ethyl adjacent to an activating group) is 1. The minimum Gasteiger partial charge on any atom is -0.335 e. The Bertz CT molecular complexity index is 335. The molecule has 3 heteroatoms. The van der Waals surface area contributed by atoms with Gasteiger partial charge in [0.25, 0.3) is 0 Å². The van der Waals surface area contributed by atoms with Crippen LogP contribution in [0.3, 0.4) is 0 Å². The van der Waals surface area contributed by atoms with Crippen molar-refractivity contribution < 1.29 is 4.79 Å². The Balaban J connectivity index is 2.89. The average Bonchev–Trinajstić information content (AvgIpc) is 2.30. The van der Waals surface area contributed by atoms with Gasteiger partial charge in [0.15, 0.2) is 0 Å². The molecule has 0 radical (unpaired) electrons. The maximum absolute atomic E-state index is 11.5. The monoisotopic (exact) mass is 204 g/mol. The van der Waals surface area contributed by atoms with Gasteiger partial charge in [-0.3, -0.25) is 9.78 Å². The van der Waals surface area contributed by atoms with Crippen LogP contribution in [-0.4, -0.2) is 22.8 Å².